The van der Waals surface area contributed by atoms with Crippen molar-refractivity contribution in [3.8, 4) is 17.1 Å². The van der Waals surface area contributed by atoms with Crippen LogP contribution in [-0.4, -0.2) is 57.7 Å². The van der Waals surface area contributed by atoms with Crippen LogP contribution in [0.25, 0.3) is 11.3 Å². The quantitative estimate of drug-likeness (QED) is 0.601. The van der Waals surface area contributed by atoms with E-state index in [4.69, 9.17) is 10.5 Å². The van der Waals surface area contributed by atoms with Gasteiger partial charge >= 0.3 is 0 Å². The number of aliphatic hydroxyl groups excluding tert-OH is 1. The zero-order valence-electron chi connectivity index (χ0n) is 19.3. The lowest BCUT2D eigenvalue weighted by Gasteiger charge is -2.43. The molecule has 3 N–H and O–H groups in total. The van der Waals surface area contributed by atoms with Crippen molar-refractivity contribution in [2.45, 2.75) is 56.9 Å². The summed E-state index contributed by atoms with van der Waals surface area (Å²) in [5.41, 5.74) is 11.5. The third kappa shape index (κ3) is 3.81. The van der Waals surface area contributed by atoms with E-state index in [2.05, 4.69) is 56.2 Å². The summed E-state index contributed by atoms with van der Waals surface area (Å²) in [7, 11) is 0. The van der Waals surface area contributed by atoms with Crippen LogP contribution in [0.2, 0.25) is 0 Å². The van der Waals surface area contributed by atoms with Crippen molar-refractivity contribution in [3.63, 3.8) is 0 Å². The van der Waals surface area contributed by atoms with Crippen molar-refractivity contribution >= 4 is 17.2 Å². The molecular formula is C26H30N6O2. The molecule has 2 aromatic heterocycles. The summed E-state index contributed by atoms with van der Waals surface area (Å²) >= 11 is 0. The van der Waals surface area contributed by atoms with Gasteiger partial charge in [0.05, 0.1) is 17.5 Å². The van der Waals surface area contributed by atoms with Gasteiger partial charge in [0.15, 0.2) is 5.82 Å². The summed E-state index contributed by atoms with van der Waals surface area (Å²) in [5, 5.41) is 18.2. The molecule has 2 aliphatic heterocycles. The number of benzene rings is 1. The molecule has 3 aliphatic rings. The van der Waals surface area contributed by atoms with E-state index in [0.29, 0.717) is 36.6 Å². The molecule has 0 radical (unpaired) electrons. The second kappa shape index (κ2) is 8.43. The predicted molar refractivity (Wildman–Crippen MR) is 132 cm³/mol. The van der Waals surface area contributed by atoms with Crippen LogP contribution in [0.3, 0.4) is 0 Å². The SMILES string of the molecule is Cc1ccccc1-c1cc(N2CC3CCC(C2)N3c2ccnc(OC3CC(O)C3)c2)c(N)nn1. The second-order valence-corrected chi connectivity index (χ2v) is 9.73. The van der Waals surface area contributed by atoms with Crippen LogP contribution in [0, 0.1) is 6.92 Å². The van der Waals surface area contributed by atoms with Gasteiger partial charge in [-0.25, -0.2) is 4.98 Å². The van der Waals surface area contributed by atoms with E-state index in [1.165, 1.54) is 5.56 Å². The molecule has 2 bridgehead atoms. The van der Waals surface area contributed by atoms with Gasteiger partial charge in [0.1, 0.15) is 6.10 Å². The highest BCUT2D eigenvalue weighted by Gasteiger charge is 2.41. The largest absolute Gasteiger partial charge is 0.474 e. The fraction of sp³-hybridized carbons (Fsp3) is 0.423. The fourth-order valence-electron chi connectivity index (χ4n) is 5.59. The van der Waals surface area contributed by atoms with Gasteiger partial charge in [-0.05, 0) is 37.5 Å². The number of aliphatic hydroxyl groups is 1. The van der Waals surface area contributed by atoms with Gasteiger partial charge in [0.25, 0.3) is 0 Å². The van der Waals surface area contributed by atoms with E-state index in [9.17, 15) is 5.11 Å². The highest BCUT2D eigenvalue weighted by molar-refractivity contribution is 5.73. The Hall–Kier alpha value is -3.39. The summed E-state index contributed by atoms with van der Waals surface area (Å²) in [6, 6.07) is 15.2. The van der Waals surface area contributed by atoms with Crippen LogP contribution in [-0.2, 0) is 0 Å². The molecule has 1 saturated carbocycles. The zero-order valence-corrected chi connectivity index (χ0v) is 19.3. The number of piperazine rings is 1. The highest BCUT2D eigenvalue weighted by atomic mass is 16.5. The summed E-state index contributed by atoms with van der Waals surface area (Å²) in [6.45, 7) is 3.85. The first-order chi connectivity index (χ1) is 16.5. The molecule has 2 saturated heterocycles. The second-order valence-electron chi connectivity index (χ2n) is 9.73. The molecule has 1 aliphatic carbocycles. The summed E-state index contributed by atoms with van der Waals surface area (Å²) in [5.74, 6) is 1.12. The maximum absolute atomic E-state index is 9.54. The molecule has 0 spiro atoms. The van der Waals surface area contributed by atoms with Crippen LogP contribution in [0.15, 0.2) is 48.7 Å². The first kappa shape index (κ1) is 21.2. The number of hydrogen-bond donors (Lipinski definition) is 2. The number of nitrogen functional groups attached to an aromatic ring is 1. The Bertz CT molecular complexity index is 1180. The Morgan fingerprint density at radius 2 is 1.79 bits per heavy atom. The summed E-state index contributed by atoms with van der Waals surface area (Å²) < 4.78 is 5.97. The number of fused-ring (bicyclic) bond motifs is 2. The smallest absolute Gasteiger partial charge is 0.215 e. The minimum atomic E-state index is -0.237. The molecule has 176 valence electrons. The Kier molecular flexibility index (Phi) is 5.25. The van der Waals surface area contributed by atoms with Gasteiger partial charge in [-0.2, -0.15) is 0 Å². The average Bonchev–Trinajstić information content (AvgIpc) is 3.08. The number of nitrogens with two attached hydrogens (primary N) is 1. The van der Waals surface area contributed by atoms with Crippen LogP contribution in [0.5, 0.6) is 5.88 Å². The molecule has 8 heteroatoms. The fourth-order valence-corrected chi connectivity index (χ4v) is 5.59. The van der Waals surface area contributed by atoms with Crippen molar-refractivity contribution in [2.24, 2.45) is 0 Å². The van der Waals surface area contributed by atoms with Gasteiger partial charge in [0, 0.05) is 61.5 Å². The van der Waals surface area contributed by atoms with Crippen molar-refractivity contribution < 1.29 is 9.84 Å². The molecule has 8 nitrogen and oxygen atoms in total. The number of anilines is 3. The number of aryl methyl sites for hydroxylation is 1. The minimum Gasteiger partial charge on any atom is -0.474 e. The average molecular weight is 459 g/mol. The molecule has 34 heavy (non-hydrogen) atoms. The first-order valence-electron chi connectivity index (χ1n) is 12.1. The first-order valence-corrected chi connectivity index (χ1v) is 12.1. The van der Waals surface area contributed by atoms with Crippen molar-refractivity contribution in [3.05, 3.63) is 54.2 Å². The Labute approximate surface area is 199 Å². The number of rotatable bonds is 5. The topological polar surface area (TPSA) is 101 Å². The number of pyridine rings is 1. The van der Waals surface area contributed by atoms with E-state index in [0.717, 1.165) is 48.6 Å². The number of nitrogens with zero attached hydrogens (tertiary/aromatic N) is 5. The monoisotopic (exact) mass is 458 g/mol. The van der Waals surface area contributed by atoms with Gasteiger partial charge < -0.3 is 25.4 Å². The van der Waals surface area contributed by atoms with Crippen LogP contribution in [0.4, 0.5) is 17.2 Å². The predicted octanol–water partition coefficient (Wildman–Crippen LogP) is 3.19. The summed E-state index contributed by atoms with van der Waals surface area (Å²) in [6.07, 6.45) is 5.29. The Morgan fingerprint density at radius 3 is 2.53 bits per heavy atom. The lowest BCUT2D eigenvalue weighted by Crippen LogP contribution is -2.54. The molecule has 4 heterocycles. The molecular weight excluding hydrogens is 428 g/mol. The van der Waals surface area contributed by atoms with Crippen LogP contribution >= 0.6 is 0 Å². The Balaban J connectivity index is 1.22. The normalized spacial score (nSPS) is 25.8. The zero-order chi connectivity index (χ0) is 23.2. The highest BCUT2D eigenvalue weighted by Crippen LogP contribution is 2.39. The Morgan fingerprint density at radius 1 is 1.03 bits per heavy atom. The third-order valence-corrected chi connectivity index (χ3v) is 7.42. The maximum atomic E-state index is 9.54. The van der Waals surface area contributed by atoms with E-state index in [1.807, 2.05) is 24.4 Å². The molecule has 3 aromatic rings. The van der Waals surface area contributed by atoms with E-state index < -0.39 is 0 Å². The standard InChI is InChI=1S/C26H30N6O2/c1-16-4-2-3-5-22(16)23-13-24(26(27)30-29-23)31-14-18-6-7-19(15-31)32(18)17-8-9-28-25(10-17)34-21-11-20(33)12-21/h2-5,8-10,13,18-21,33H,6-7,11-12,14-15H2,1H3,(H2,27,30). The molecule has 2 atom stereocenters. The van der Waals surface area contributed by atoms with Gasteiger partial charge in [-0.15, -0.1) is 10.2 Å². The number of ether oxygens (including phenoxy) is 1. The van der Waals surface area contributed by atoms with E-state index in [1.54, 1.807) is 0 Å². The molecule has 2 unspecified atom stereocenters. The minimum absolute atomic E-state index is 0.0657. The van der Waals surface area contributed by atoms with E-state index >= 15 is 0 Å². The van der Waals surface area contributed by atoms with Gasteiger partial charge in [-0.1, -0.05) is 24.3 Å². The van der Waals surface area contributed by atoms with Crippen molar-refractivity contribution in [1.29, 1.82) is 0 Å². The van der Waals surface area contributed by atoms with Crippen LogP contribution < -0.4 is 20.3 Å². The van der Waals surface area contributed by atoms with Gasteiger partial charge in [-0.3, -0.25) is 0 Å². The molecule has 3 fully saturated rings. The van der Waals surface area contributed by atoms with Crippen LogP contribution in [0.1, 0.15) is 31.2 Å². The number of aromatic nitrogens is 3. The van der Waals surface area contributed by atoms with Crippen molar-refractivity contribution in [2.75, 3.05) is 28.6 Å². The molecule has 0 amide bonds. The molecule has 6 rings (SSSR count). The lowest BCUT2D eigenvalue weighted by atomic mass is 9.92. The lowest BCUT2D eigenvalue weighted by molar-refractivity contribution is -0.0128. The number of hydrogen-bond acceptors (Lipinski definition) is 8. The van der Waals surface area contributed by atoms with E-state index in [-0.39, 0.29) is 12.2 Å². The molecule has 1 aromatic carbocycles. The van der Waals surface area contributed by atoms with Crippen molar-refractivity contribution in [1.82, 2.24) is 15.2 Å². The summed E-state index contributed by atoms with van der Waals surface area (Å²) in [4.78, 5) is 9.29. The third-order valence-electron chi connectivity index (χ3n) is 7.42. The maximum Gasteiger partial charge on any atom is 0.215 e. The van der Waals surface area contributed by atoms with Gasteiger partial charge in [0.2, 0.25) is 5.88 Å².